The highest BCUT2D eigenvalue weighted by Gasteiger charge is 2.17. The van der Waals surface area contributed by atoms with Crippen LogP contribution in [0, 0.1) is 0 Å². The Morgan fingerprint density at radius 2 is 1.64 bits per heavy atom. The molecule has 0 aliphatic rings. The first-order chi connectivity index (χ1) is 13.3. The summed E-state index contributed by atoms with van der Waals surface area (Å²) in [6.07, 6.45) is 5.60. The van der Waals surface area contributed by atoms with Crippen LogP contribution in [-0.2, 0) is 9.84 Å². The number of nitrogens with zero attached hydrogens (tertiary/aromatic N) is 3. The summed E-state index contributed by atoms with van der Waals surface area (Å²) in [4.78, 5) is 13.4. The molecule has 0 bridgehead atoms. The maximum Gasteiger partial charge on any atom is 0.176 e. The van der Waals surface area contributed by atoms with Crippen molar-refractivity contribution in [3.8, 4) is 22.4 Å². The quantitative estimate of drug-likeness (QED) is 0.514. The minimum absolute atomic E-state index is 0.153. The van der Waals surface area contributed by atoms with Gasteiger partial charge in [-0.2, -0.15) is 0 Å². The molecule has 0 saturated carbocycles. The number of nitrogen functional groups attached to an aromatic ring is 2. The summed E-state index contributed by atoms with van der Waals surface area (Å²) in [5.74, 6) is 0. The number of benzene rings is 2. The van der Waals surface area contributed by atoms with Crippen molar-refractivity contribution < 1.29 is 8.42 Å². The van der Waals surface area contributed by atoms with E-state index in [0.717, 1.165) is 17.4 Å². The highest BCUT2D eigenvalue weighted by Crippen LogP contribution is 2.32. The molecule has 0 aliphatic carbocycles. The Labute approximate surface area is 162 Å². The van der Waals surface area contributed by atoms with Gasteiger partial charge in [-0.15, -0.1) is 0 Å². The number of pyridine rings is 1. The van der Waals surface area contributed by atoms with E-state index in [1.165, 1.54) is 24.7 Å². The number of nitrogens with two attached hydrogens (primary N) is 2. The van der Waals surface area contributed by atoms with E-state index in [0.29, 0.717) is 33.7 Å². The summed E-state index contributed by atoms with van der Waals surface area (Å²) in [7, 11) is -3.45. The number of rotatable bonds is 3. The summed E-state index contributed by atoms with van der Waals surface area (Å²) >= 11 is 0. The summed E-state index contributed by atoms with van der Waals surface area (Å²) in [6, 6.07) is 12.4. The van der Waals surface area contributed by atoms with Gasteiger partial charge in [0.2, 0.25) is 0 Å². The minimum atomic E-state index is -3.45. The smallest absolute Gasteiger partial charge is 0.176 e. The van der Waals surface area contributed by atoms with Gasteiger partial charge in [0.05, 0.1) is 27.8 Å². The normalized spacial score (nSPS) is 11.6. The average Bonchev–Trinajstić information content (AvgIpc) is 2.67. The second-order valence-electron chi connectivity index (χ2n) is 6.46. The van der Waals surface area contributed by atoms with Gasteiger partial charge < -0.3 is 11.5 Å². The molecule has 0 aliphatic heterocycles. The van der Waals surface area contributed by atoms with Crippen LogP contribution in [0.25, 0.3) is 33.4 Å². The molecule has 140 valence electrons. The molecule has 2 heterocycles. The highest BCUT2D eigenvalue weighted by molar-refractivity contribution is 7.90. The largest absolute Gasteiger partial charge is 0.399 e. The van der Waals surface area contributed by atoms with E-state index in [4.69, 9.17) is 16.5 Å². The standard InChI is InChI=1S/C20H17N5O2S/c1-28(26,27)19-6-7-23-10-16(19)18-11-24-17-9-14(22)8-15(20(17)25-18)12-2-4-13(21)5-3-12/h2-11H,21-22H2,1H3. The van der Waals surface area contributed by atoms with Gasteiger partial charge in [-0.3, -0.25) is 9.97 Å². The molecule has 0 unspecified atom stereocenters. The number of anilines is 2. The Bertz CT molecular complexity index is 1300. The maximum atomic E-state index is 12.2. The van der Waals surface area contributed by atoms with Crippen molar-refractivity contribution in [2.75, 3.05) is 17.7 Å². The van der Waals surface area contributed by atoms with E-state index in [1.54, 1.807) is 18.2 Å². The van der Waals surface area contributed by atoms with Crippen LogP contribution in [0.4, 0.5) is 11.4 Å². The van der Waals surface area contributed by atoms with Crippen molar-refractivity contribution in [1.29, 1.82) is 0 Å². The third kappa shape index (κ3) is 3.25. The zero-order valence-corrected chi connectivity index (χ0v) is 15.8. The fourth-order valence-corrected chi connectivity index (χ4v) is 3.91. The Morgan fingerprint density at radius 1 is 0.893 bits per heavy atom. The predicted molar refractivity (Wildman–Crippen MR) is 110 cm³/mol. The highest BCUT2D eigenvalue weighted by atomic mass is 32.2. The summed E-state index contributed by atoms with van der Waals surface area (Å²) in [5.41, 5.74) is 16.7. The van der Waals surface area contributed by atoms with Gasteiger partial charge in [-0.25, -0.2) is 13.4 Å². The van der Waals surface area contributed by atoms with E-state index < -0.39 is 9.84 Å². The lowest BCUT2D eigenvalue weighted by molar-refractivity contribution is 0.602. The van der Waals surface area contributed by atoms with Gasteiger partial charge in [0.15, 0.2) is 9.84 Å². The number of hydrogen-bond acceptors (Lipinski definition) is 7. The first kappa shape index (κ1) is 17.9. The van der Waals surface area contributed by atoms with Gasteiger partial charge >= 0.3 is 0 Å². The van der Waals surface area contributed by atoms with Crippen LogP contribution in [0.15, 0.2) is 66.0 Å². The molecule has 4 rings (SSSR count). The van der Waals surface area contributed by atoms with Crippen molar-refractivity contribution in [2.24, 2.45) is 0 Å². The van der Waals surface area contributed by atoms with Crippen LogP contribution in [-0.4, -0.2) is 29.6 Å². The van der Waals surface area contributed by atoms with Crippen molar-refractivity contribution >= 4 is 32.2 Å². The topological polar surface area (TPSA) is 125 Å². The van der Waals surface area contributed by atoms with E-state index in [9.17, 15) is 8.42 Å². The molecule has 0 saturated heterocycles. The lowest BCUT2D eigenvalue weighted by atomic mass is 10.0. The van der Waals surface area contributed by atoms with E-state index >= 15 is 0 Å². The third-order valence-corrected chi connectivity index (χ3v) is 5.50. The van der Waals surface area contributed by atoms with Crippen LogP contribution < -0.4 is 11.5 Å². The Balaban J connectivity index is 1.99. The fraction of sp³-hybridized carbons (Fsp3) is 0.0500. The van der Waals surface area contributed by atoms with Crippen molar-refractivity contribution in [2.45, 2.75) is 4.90 Å². The third-order valence-electron chi connectivity index (χ3n) is 4.35. The second-order valence-corrected chi connectivity index (χ2v) is 8.44. The van der Waals surface area contributed by atoms with E-state index in [-0.39, 0.29) is 4.90 Å². The second kappa shape index (κ2) is 6.58. The lowest BCUT2D eigenvalue weighted by Gasteiger charge is -2.11. The number of hydrogen-bond donors (Lipinski definition) is 2. The monoisotopic (exact) mass is 391 g/mol. The van der Waals surface area contributed by atoms with Crippen LogP contribution in [0.3, 0.4) is 0 Å². The predicted octanol–water partition coefficient (Wildman–Crippen LogP) is 2.93. The molecule has 2 aromatic heterocycles. The van der Waals surface area contributed by atoms with Crippen LogP contribution in [0.5, 0.6) is 0 Å². The lowest BCUT2D eigenvalue weighted by Crippen LogP contribution is -2.02. The summed E-state index contributed by atoms with van der Waals surface area (Å²) < 4.78 is 24.3. The minimum Gasteiger partial charge on any atom is -0.399 e. The summed E-state index contributed by atoms with van der Waals surface area (Å²) in [5, 5.41) is 0. The molecule has 0 amide bonds. The first-order valence-corrected chi connectivity index (χ1v) is 10.3. The van der Waals surface area contributed by atoms with Gasteiger partial charge in [0, 0.05) is 41.2 Å². The SMILES string of the molecule is CS(=O)(=O)c1ccncc1-c1cnc2cc(N)cc(-c3ccc(N)cc3)c2n1. The van der Waals surface area contributed by atoms with Gasteiger partial charge in [-0.1, -0.05) is 12.1 Å². The zero-order valence-electron chi connectivity index (χ0n) is 15.0. The van der Waals surface area contributed by atoms with Crippen molar-refractivity contribution in [3.05, 3.63) is 61.1 Å². The molecule has 2 aromatic carbocycles. The van der Waals surface area contributed by atoms with Crippen molar-refractivity contribution in [3.63, 3.8) is 0 Å². The molecular formula is C20H17N5O2S. The number of fused-ring (bicyclic) bond motifs is 1. The molecule has 7 nitrogen and oxygen atoms in total. The van der Waals surface area contributed by atoms with Gasteiger partial charge in [-0.05, 0) is 35.9 Å². The number of sulfone groups is 1. The fourth-order valence-electron chi connectivity index (χ4n) is 3.05. The molecule has 8 heteroatoms. The Hall–Kier alpha value is -3.52. The van der Waals surface area contributed by atoms with Crippen LogP contribution in [0.1, 0.15) is 0 Å². The first-order valence-electron chi connectivity index (χ1n) is 8.39. The van der Waals surface area contributed by atoms with Crippen LogP contribution >= 0.6 is 0 Å². The Kier molecular flexibility index (Phi) is 4.20. The molecule has 0 spiro atoms. The maximum absolute atomic E-state index is 12.2. The van der Waals surface area contributed by atoms with E-state index in [2.05, 4.69) is 9.97 Å². The van der Waals surface area contributed by atoms with Crippen LogP contribution in [0.2, 0.25) is 0 Å². The van der Waals surface area contributed by atoms with Gasteiger partial charge in [0.25, 0.3) is 0 Å². The average molecular weight is 391 g/mol. The molecule has 0 atom stereocenters. The molecule has 28 heavy (non-hydrogen) atoms. The molecular weight excluding hydrogens is 374 g/mol. The molecule has 4 aromatic rings. The van der Waals surface area contributed by atoms with Gasteiger partial charge in [0.1, 0.15) is 0 Å². The van der Waals surface area contributed by atoms with E-state index in [1.807, 2.05) is 18.2 Å². The van der Waals surface area contributed by atoms with Crippen molar-refractivity contribution in [1.82, 2.24) is 15.0 Å². The number of aromatic nitrogens is 3. The Morgan fingerprint density at radius 3 is 2.36 bits per heavy atom. The zero-order chi connectivity index (χ0) is 19.9. The molecule has 0 fully saturated rings. The summed E-state index contributed by atoms with van der Waals surface area (Å²) in [6.45, 7) is 0. The molecule has 0 radical (unpaired) electrons. The molecule has 4 N–H and O–H groups in total.